The predicted octanol–water partition coefficient (Wildman–Crippen LogP) is 2.46. The largest absolute Gasteiger partial charge is 0.491 e. The van der Waals surface area contributed by atoms with Crippen molar-refractivity contribution >= 4 is 22.4 Å². The molecule has 0 spiro atoms. The van der Waals surface area contributed by atoms with Gasteiger partial charge >= 0.3 is 0 Å². The minimum atomic E-state index is 0.186. The van der Waals surface area contributed by atoms with Crippen LogP contribution >= 0.6 is 11.5 Å². The smallest absolute Gasteiger partial charge is 0.229 e. The second-order valence-corrected chi connectivity index (χ2v) is 4.22. The number of ether oxygens (including phenoxy) is 1. The van der Waals surface area contributed by atoms with E-state index in [0.717, 1.165) is 11.4 Å². The molecular weight excluding hydrogens is 224 g/mol. The van der Waals surface area contributed by atoms with Gasteiger partial charge in [-0.3, -0.25) is 0 Å². The van der Waals surface area contributed by atoms with E-state index in [9.17, 15) is 0 Å². The molecule has 0 amide bonds. The highest BCUT2D eigenvalue weighted by Gasteiger charge is 2.00. The Morgan fingerprint density at radius 2 is 2.00 bits per heavy atom. The first-order chi connectivity index (χ1) is 7.74. The zero-order valence-corrected chi connectivity index (χ0v) is 9.86. The summed E-state index contributed by atoms with van der Waals surface area (Å²) in [6.45, 7) is 4.00. The van der Waals surface area contributed by atoms with Crippen LogP contribution in [0.15, 0.2) is 24.3 Å². The maximum Gasteiger partial charge on any atom is 0.229 e. The van der Waals surface area contributed by atoms with Crippen molar-refractivity contribution in [2.75, 3.05) is 5.32 Å². The second-order valence-electron chi connectivity index (χ2n) is 3.48. The van der Waals surface area contributed by atoms with E-state index in [0.29, 0.717) is 5.13 Å². The van der Waals surface area contributed by atoms with Crippen molar-refractivity contribution in [2.45, 2.75) is 20.0 Å². The molecule has 84 valence electrons. The summed E-state index contributed by atoms with van der Waals surface area (Å²) in [5.74, 6) is 0.857. The average molecular weight is 236 g/mol. The summed E-state index contributed by atoms with van der Waals surface area (Å²) in [4.78, 5) is 0. The highest BCUT2D eigenvalue weighted by Crippen LogP contribution is 2.20. The molecular formula is C10H12N4OS. The van der Waals surface area contributed by atoms with Gasteiger partial charge in [0.05, 0.1) is 6.10 Å². The summed E-state index contributed by atoms with van der Waals surface area (Å²) in [5.41, 5.74) is 0.939. The van der Waals surface area contributed by atoms with Crippen molar-refractivity contribution in [3.63, 3.8) is 0 Å². The normalized spacial score (nSPS) is 10.4. The monoisotopic (exact) mass is 236 g/mol. The van der Waals surface area contributed by atoms with Crippen molar-refractivity contribution in [2.24, 2.45) is 0 Å². The van der Waals surface area contributed by atoms with E-state index in [1.54, 1.807) is 0 Å². The maximum absolute atomic E-state index is 5.54. The fourth-order valence-electron chi connectivity index (χ4n) is 1.19. The van der Waals surface area contributed by atoms with Crippen LogP contribution in [0.3, 0.4) is 0 Å². The molecule has 0 saturated heterocycles. The third kappa shape index (κ3) is 2.90. The number of hydrogen-bond acceptors (Lipinski definition) is 6. The Morgan fingerprint density at radius 3 is 2.56 bits per heavy atom. The fourth-order valence-corrected chi connectivity index (χ4v) is 1.58. The molecule has 0 bridgehead atoms. The fraction of sp³-hybridized carbons (Fsp3) is 0.300. The number of nitrogens with zero attached hydrogens (tertiary/aromatic N) is 3. The van der Waals surface area contributed by atoms with Crippen LogP contribution in [0.4, 0.5) is 10.8 Å². The molecule has 0 fully saturated rings. The van der Waals surface area contributed by atoms with Crippen molar-refractivity contribution < 1.29 is 4.74 Å². The van der Waals surface area contributed by atoms with Crippen molar-refractivity contribution in [1.29, 1.82) is 0 Å². The lowest BCUT2D eigenvalue weighted by atomic mass is 10.3. The molecule has 1 aromatic heterocycles. The summed E-state index contributed by atoms with van der Waals surface area (Å²) in [6, 6.07) is 7.69. The zero-order valence-electron chi connectivity index (χ0n) is 9.04. The van der Waals surface area contributed by atoms with Gasteiger partial charge in [0.2, 0.25) is 5.13 Å². The third-order valence-corrected chi connectivity index (χ3v) is 2.29. The van der Waals surface area contributed by atoms with Crippen LogP contribution in [0.5, 0.6) is 5.75 Å². The average Bonchev–Trinajstić information content (AvgIpc) is 2.73. The third-order valence-electron chi connectivity index (χ3n) is 1.78. The first-order valence-electron chi connectivity index (χ1n) is 4.93. The first-order valence-corrected chi connectivity index (χ1v) is 5.70. The van der Waals surface area contributed by atoms with Crippen LogP contribution in [-0.2, 0) is 0 Å². The van der Waals surface area contributed by atoms with E-state index in [1.165, 1.54) is 11.5 Å². The highest BCUT2D eigenvalue weighted by molar-refractivity contribution is 7.09. The zero-order chi connectivity index (χ0) is 11.4. The lowest BCUT2D eigenvalue weighted by Gasteiger charge is -2.09. The second kappa shape index (κ2) is 4.89. The molecule has 0 saturated carbocycles. The number of rotatable bonds is 4. The summed E-state index contributed by atoms with van der Waals surface area (Å²) < 4.78 is 9.21. The number of nitrogens with one attached hydrogen (secondary N) is 1. The molecule has 0 unspecified atom stereocenters. The Bertz CT molecular complexity index is 427. The Balaban J connectivity index is 2.02. The Hall–Kier alpha value is -1.69. The van der Waals surface area contributed by atoms with Crippen molar-refractivity contribution in [3.05, 3.63) is 24.3 Å². The predicted molar refractivity (Wildman–Crippen MR) is 63.2 cm³/mol. The molecule has 5 nitrogen and oxygen atoms in total. The number of aromatic nitrogens is 3. The molecule has 2 rings (SSSR count). The molecule has 1 N–H and O–H groups in total. The van der Waals surface area contributed by atoms with Crippen molar-refractivity contribution in [1.82, 2.24) is 14.8 Å². The van der Waals surface area contributed by atoms with Gasteiger partial charge in [-0.2, -0.15) is 0 Å². The van der Waals surface area contributed by atoms with Gasteiger partial charge in [-0.15, -0.1) is 0 Å². The number of benzene rings is 1. The SMILES string of the molecule is CC(C)Oc1ccc(Nc2nnns2)cc1. The summed E-state index contributed by atoms with van der Waals surface area (Å²) in [5, 5.41) is 11.1. The molecule has 0 aliphatic rings. The number of anilines is 2. The topological polar surface area (TPSA) is 59.9 Å². The van der Waals surface area contributed by atoms with E-state index in [1.807, 2.05) is 38.1 Å². The van der Waals surface area contributed by atoms with Gasteiger partial charge in [0.1, 0.15) is 5.75 Å². The van der Waals surface area contributed by atoms with Crippen LogP contribution in [0, 0.1) is 0 Å². The molecule has 0 atom stereocenters. The van der Waals surface area contributed by atoms with Crippen LogP contribution in [0.25, 0.3) is 0 Å². The molecule has 0 aliphatic carbocycles. The van der Waals surface area contributed by atoms with E-state index < -0.39 is 0 Å². The van der Waals surface area contributed by atoms with E-state index in [2.05, 4.69) is 20.1 Å². The molecule has 0 radical (unpaired) electrons. The van der Waals surface area contributed by atoms with E-state index >= 15 is 0 Å². The van der Waals surface area contributed by atoms with Gasteiger partial charge in [-0.05, 0) is 43.3 Å². The first kappa shape index (κ1) is 10.8. The standard InChI is InChI=1S/C10H12N4OS/c1-7(2)15-9-5-3-8(4-6-9)11-10-12-13-14-16-10/h3-7H,1-2H3,(H,11,12,14). The minimum absolute atomic E-state index is 0.186. The highest BCUT2D eigenvalue weighted by atomic mass is 32.1. The molecule has 2 aromatic rings. The van der Waals surface area contributed by atoms with Gasteiger partial charge in [0, 0.05) is 17.2 Å². The van der Waals surface area contributed by atoms with Crippen LogP contribution in [0.2, 0.25) is 0 Å². The number of hydrogen-bond donors (Lipinski definition) is 1. The Labute approximate surface area is 97.6 Å². The summed E-state index contributed by atoms with van der Waals surface area (Å²) in [6.07, 6.45) is 0.186. The van der Waals surface area contributed by atoms with Crippen LogP contribution < -0.4 is 10.1 Å². The minimum Gasteiger partial charge on any atom is -0.491 e. The van der Waals surface area contributed by atoms with Crippen LogP contribution in [0.1, 0.15) is 13.8 Å². The van der Waals surface area contributed by atoms with Gasteiger partial charge < -0.3 is 10.1 Å². The Morgan fingerprint density at radius 1 is 1.25 bits per heavy atom. The summed E-state index contributed by atoms with van der Waals surface area (Å²) in [7, 11) is 0. The van der Waals surface area contributed by atoms with Gasteiger partial charge in [0.25, 0.3) is 0 Å². The molecule has 1 aromatic carbocycles. The van der Waals surface area contributed by atoms with Gasteiger partial charge in [0.15, 0.2) is 0 Å². The van der Waals surface area contributed by atoms with E-state index in [4.69, 9.17) is 4.74 Å². The lowest BCUT2D eigenvalue weighted by Crippen LogP contribution is -2.05. The molecule has 0 aliphatic heterocycles. The molecule has 1 heterocycles. The van der Waals surface area contributed by atoms with Gasteiger partial charge in [-0.1, -0.05) is 9.59 Å². The summed E-state index contributed by atoms with van der Waals surface area (Å²) >= 11 is 1.22. The quantitative estimate of drug-likeness (QED) is 0.883. The van der Waals surface area contributed by atoms with E-state index in [-0.39, 0.29) is 6.10 Å². The maximum atomic E-state index is 5.54. The molecule has 6 heteroatoms. The molecule has 16 heavy (non-hydrogen) atoms. The van der Waals surface area contributed by atoms with Crippen molar-refractivity contribution in [3.8, 4) is 5.75 Å². The Kier molecular flexibility index (Phi) is 3.31. The van der Waals surface area contributed by atoms with Gasteiger partial charge in [-0.25, -0.2) is 0 Å². The van der Waals surface area contributed by atoms with Crippen LogP contribution in [-0.4, -0.2) is 20.9 Å². The lowest BCUT2D eigenvalue weighted by molar-refractivity contribution is 0.242.